The Balaban J connectivity index is 1.42. The van der Waals surface area contributed by atoms with Crippen LogP contribution in [0.5, 0.6) is 0 Å². The minimum absolute atomic E-state index is 0.0404. The first-order valence-corrected chi connectivity index (χ1v) is 12.4. The van der Waals surface area contributed by atoms with Crippen molar-refractivity contribution in [2.45, 2.75) is 45.6 Å². The van der Waals surface area contributed by atoms with Gasteiger partial charge in [0.1, 0.15) is 12.6 Å². The molecule has 1 saturated heterocycles. The fourth-order valence-electron chi connectivity index (χ4n) is 5.35. The molecular formula is C28H34N2O5. The first kappa shape index (κ1) is 24.8. The summed E-state index contributed by atoms with van der Waals surface area (Å²) in [6.45, 7) is 6.95. The number of likely N-dealkylation sites (tertiary alicyclic amines) is 1. The standard InChI is InChI=1S/C28H34N2O5/c1-4-17(2)26(27(33)30-14-18(3)19(15-30)13-25(31)32)29-28(34)35-16-24-22-11-7-5-9-20(22)21-10-6-8-12-23(21)24/h5-12,17-19,24,26H,4,13-16H2,1-3H3,(H,29,34)(H,31,32)/t17?,18?,19?,26-/m0/s1. The molecule has 2 N–H and O–H groups in total. The highest BCUT2D eigenvalue weighted by atomic mass is 16.5. The quantitative estimate of drug-likeness (QED) is 0.582. The van der Waals surface area contributed by atoms with Gasteiger partial charge in [0, 0.05) is 19.0 Å². The molecule has 4 rings (SSSR count). The zero-order valence-corrected chi connectivity index (χ0v) is 20.6. The van der Waals surface area contributed by atoms with Crippen LogP contribution >= 0.6 is 0 Å². The first-order valence-electron chi connectivity index (χ1n) is 12.4. The van der Waals surface area contributed by atoms with Gasteiger partial charge in [-0.3, -0.25) is 9.59 Å². The van der Waals surface area contributed by atoms with Crippen molar-refractivity contribution in [1.82, 2.24) is 10.2 Å². The Bertz CT molecular complexity index is 1050. The number of carboxylic acids is 1. The number of fused-ring (bicyclic) bond motifs is 3. The summed E-state index contributed by atoms with van der Waals surface area (Å²) in [5.74, 6) is -1.15. The van der Waals surface area contributed by atoms with Crippen LogP contribution in [0.15, 0.2) is 48.5 Å². The molecule has 4 atom stereocenters. The van der Waals surface area contributed by atoms with Gasteiger partial charge in [0.25, 0.3) is 0 Å². The lowest BCUT2D eigenvalue weighted by molar-refractivity contribution is -0.139. The van der Waals surface area contributed by atoms with E-state index in [-0.39, 0.29) is 42.6 Å². The van der Waals surface area contributed by atoms with E-state index in [0.717, 1.165) is 22.3 Å². The summed E-state index contributed by atoms with van der Waals surface area (Å²) in [5.41, 5.74) is 4.57. The van der Waals surface area contributed by atoms with E-state index in [1.54, 1.807) is 4.90 Å². The predicted octanol–water partition coefficient (Wildman–Crippen LogP) is 4.51. The molecule has 1 fully saturated rings. The Morgan fingerprint density at radius 3 is 2.23 bits per heavy atom. The number of nitrogens with zero attached hydrogens (tertiary/aromatic N) is 1. The molecule has 2 aromatic rings. The summed E-state index contributed by atoms with van der Waals surface area (Å²) in [7, 11) is 0. The van der Waals surface area contributed by atoms with E-state index in [4.69, 9.17) is 9.84 Å². The summed E-state index contributed by atoms with van der Waals surface area (Å²) in [6.07, 6.45) is 0.140. The van der Waals surface area contributed by atoms with Gasteiger partial charge in [-0.05, 0) is 40.0 Å². The Kier molecular flexibility index (Phi) is 7.43. The van der Waals surface area contributed by atoms with E-state index < -0.39 is 18.1 Å². The van der Waals surface area contributed by atoms with Crippen molar-refractivity contribution in [3.63, 3.8) is 0 Å². The third-order valence-electron chi connectivity index (χ3n) is 7.61. The van der Waals surface area contributed by atoms with Crippen molar-refractivity contribution in [2.24, 2.45) is 17.8 Å². The molecule has 0 aromatic heterocycles. The zero-order chi connectivity index (χ0) is 25.1. The van der Waals surface area contributed by atoms with Gasteiger partial charge >= 0.3 is 12.1 Å². The SMILES string of the molecule is CCC(C)[C@H](NC(=O)OCC1c2ccccc2-c2ccccc21)C(=O)N1CC(C)C(CC(=O)O)C1. The van der Waals surface area contributed by atoms with Crippen LogP contribution in [0.25, 0.3) is 11.1 Å². The molecule has 2 amide bonds. The summed E-state index contributed by atoms with van der Waals surface area (Å²) in [6, 6.07) is 15.6. The molecule has 1 heterocycles. The van der Waals surface area contributed by atoms with Crippen molar-refractivity contribution in [1.29, 1.82) is 0 Å². The van der Waals surface area contributed by atoms with Gasteiger partial charge in [0.15, 0.2) is 0 Å². The summed E-state index contributed by atoms with van der Waals surface area (Å²) in [5, 5.41) is 12.0. The third kappa shape index (κ3) is 5.19. The second-order valence-corrected chi connectivity index (χ2v) is 9.91. The molecule has 0 bridgehead atoms. The number of alkyl carbamates (subject to hydrolysis) is 1. The lowest BCUT2D eigenvalue weighted by Gasteiger charge is -2.28. The van der Waals surface area contributed by atoms with Crippen LogP contribution in [-0.4, -0.2) is 53.7 Å². The average Bonchev–Trinajstić information content (AvgIpc) is 3.37. The van der Waals surface area contributed by atoms with Crippen molar-refractivity contribution >= 4 is 18.0 Å². The molecule has 2 aromatic carbocycles. The van der Waals surface area contributed by atoms with Gasteiger partial charge < -0.3 is 20.1 Å². The second kappa shape index (κ2) is 10.5. The molecule has 1 aliphatic heterocycles. The van der Waals surface area contributed by atoms with Crippen LogP contribution < -0.4 is 5.32 Å². The van der Waals surface area contributed by atoms with Gasteiger partial charge in [-0.2, -0.15) is 0 Å². The number of carbonyl (C=O) groups excluding carboxylic acids is 2. The lowest BCUT2D eigenvalue weighted by atomic mass is 9.95. The number of carbonyl (C=O) groups is 3. The van der Waals surface area contributed by atoms with Gasteiger partial charge in [-0.15, -0.1) is 0 Å². The van der Waals surface area contributed by atoms with E-state index in [0.29, 0.717) is 19.5 Å². The zero-order valence-electron chi connectivity index (χ0n) is 20.6. The number of benzene rings is 2. The highest BCUT2D eigenvalue weighted by Crippen LogP contribution is 2.44. The largest absolute Gasteiger partial charge is 0.481 e. The summed E-state index contributed by atoms with van der Waals surface area (Å²) in [4.78, 5) is 39.1. The minimum atomic E-state index is -0.855. The molecule has 0 saturated carbocycles. The number of rotatable bonds is 8. The van der Waals surface area contributed by atoms with Crippen molar-refractivity contribution in [2.75, 3.05) is 19.7 Å². The number of carboxylic acid groups (broad SMARTS) is 1. The highest BCUT2D eigenvalue weighted by Gasteiger charge is 2.38. The Morgan fingerprint density at radius 2 is 1.66 bits per heavy atom. The van der Waals surface area contributed by atoms with Crippen molar-refractivity contribution < 1.29 is 24.2 Å². The number of amides is 2. The number of hydrogen-bond acceptors (Lipinski definition) is 4. The molecule has 2 aliphatic rings. The monoisotopic (exact) mass is 478 g/mol. The first-order chi connectivity index (χ1) is 16.8. The fraction of sp³-hybridized carbons (Fsp3) is 0.464. The second-order valence-electron chi connectivity index (χ2n) is 9.91. The lowest BCUT2D eigenvalue weighted by Crippen LogP contribution is -2.51. The Morgan fingerprint density at radius 1 is 1.06 bits per heavy atom. The summed E-state index contributed by atoms with van der Waals surface area (Å²) < 4.78 is 5.67. The van der Waals surface area contributed by atoms with E-state index in [1.807, 2.05) is 45.0 Å². The Hall–Kier alpha value is -3.35. The predicted molar refractivity (Wildman–Crippen MR) is 133 cm³/mol. The molecule has 7 heteroatoms. The fourth-order valence-corrected chi connectivity index (χ4v) is 5.35. The van der Waals surface area contributed by atoms with Gasteiger partial charge in [-0.1, -0.05) is 75.7 Å². The molecular weight excluding hydrogens is 444 g/mol. The maximum atomic E-state index is 13.4. The number of hydrogen-bond donors (Lipinski definition) is 2. The number of nitrogens with one attached hydrogen (secondary N) is 1. The molecule has 0 spiro atoms. The number of aliphatic carboxylic acids is 1. The molecule has 0 radical (unpaired) electrons. The van der Waals surface area contributed by atoms with Crippen molar-refractivity contribution in [3.05, 3.63) is 59.7 Å². The van der Waals surface area contributed by atoms with Crippen LogP contribution in [0.3, 0.4) is 0 Å². The van der Waals surface area contributed by atoms with Crippen LogP contribution in [0.4, 0.5) is 4.79 Å². The maximum Gasteiger partial charge on any atom is 0.407 e. The molecule has 1 aliphatic carbocycles. The van der Waals surface area contributed by atoms with E-state index in [2.05, 4.69) is 29.6 Å². The van der Waals surface area contributed by atoms with E-state index in [1.165, 1.54) is 0 Å². The van der Waals surface area contributed by atoms with E-state index >= 15 is 0 Å². The average molecular weight is 479 g/mol. The van der Waals surface area contributed by atoms with Gasteiger partial charge in [-0.25, -0.2) is 4.79 Å². The van der Waals surface area contributed by atoms with E-state index in [9.17, 15) is 14.4 Å². The smallest absolute Gasteiger partial charge is 0.407 e. The van der Waals surface area contributed by atoms with Gasteiger partial charge in [0.2, 0.25) is 5.91 Å². The minimum Gasteiger partial charge on any atom is -0.481 e. The van der Waals surface area contributed by atoms with Crippen LogP contribution in [0.2, 0.25) is 0 Å². The molecule has 35 heavy (non-hydrogen) atoms. The maximum absolute atomic E-state index is 13.4. The molecule has 3 unspecified atom stereocenters. The summed E-state index contributed by atoms with van der Waals surface area (Å²) >= 11 is 0. The molecule has 7 nitrogen and oxygen atoms in total. The van der Waals surface area contributed by atoms with Crippen LogP contribution in [0.1, 0.15) is 50.7 Å². The molecule has 186 valence electrons. The Labute approximate surface area is 206 Å². The normalized spacial score (nSPS) is 20.6. The van der Waals surface area contributed by atoms with Crippen molar-refractivity contribution in [3.8, 4) is 11.1 Å². The number of ether oxygens (including phenoxy) is 1. The highest BCUT2D eigenvalue weighted by molar-refractivity contribution is 5.86. The van der Waals surface area contributed by atoms with Gasteiger partial charge in [0.05, 0.1) is 6.42 Å². The topological polar surface area (TPSA) is 95.9 Å². The van der Waals surface area contributed by atoms with Crippen LogP contribution in [0, 0.1) is 17.8 Å². The van der Waals surface area contributed by atoms with Crippen LogP contribution in [-0.2, 0) is 14.3 Å². The third-order valence-corrected chi connectivity index (χ3v) is 7.61.